The number of nitrogens with zero attached hydrogens (tertiary/aromatic N) is 6. The van der Waals surface area contributed by atoms with E-state index in [1.165, 1.54) is 17.7 Å². The highest BCUT2D eigenvalue weighted by atomic mass is 32.1. The van der Waals surface area contributed by atoms with Gasteiger partial charge in [0.1, 0.15) is 23.1 Å². The van der Waals surface area contributed by atoms with E-state index in [-0.39, 0.29) is 17.7 Å². The van der Waals surface area contributed by atoms with Gasteiger partial charge in [-0.15, -0.1) is 11.3 Å². The first-order chi connectivity index (χ1) is 19.9. The highest BCUT2D eigenvalue weighted by Gasteiger charge is 2.31. The average molecular weight is 571 g/mol. The minimum Gasteiger partial charge on any atom is -0.305 e. The first-order valence-corrected chi connectivity index (χ1v) is 15.4. The number of anilines is 2. The zero-order chi connectivity index (χ0) is 28.5. The Morgan fingerprint density at radius 3 is 2.61 bits per heavy atom. The van der Waals surface area contributed by atoms with Gasteiger partial charge in [-0.2, -0.15) is 5.26 Å². The van der Waals surface area contributed by atoms with E-state index in [4.69, 9.17) is 15.2 Å². The van der Waals surface area contributed by atoms with Gasteiger partial charge in [0, 0.05) is 36.0 Å². The number of carbonyl (C=O) groups is 1. The zero-order valence-corrected chi connectivity index (χ0v) is 24.4. The summed E-state index contributed by atoms with van der Waals surface area (Å²) in [6, 6.07) is 13.1. The van der Waals surface area contributed by atoms with Gasteiger partial charge in [0.2, 0.25) is 0 Å². The number of pyridine rings is 1. The number of likely N-dealkylation sites (tertiary alicyclic amines) is 1. The van der Waals surface area contributed by atoms with Crippen LogP contribution in [0.5, 0.6) is 0 Å². The Hall–Kier alpha value is -3.61. The molecule has 7 nitrogen and oxygen atoms in total. The van der Waals surface area contributed by atoms with Crippen molar-refractivity contribution in [2.75, 3.05) is 31.6 Å². The van der Waals surface area contributed by atoms with Gasteiger partial charge in [-0.05, 0) is 93.4 Å². The summed E-state index contributed by atoms with van der Waals surface area (Å²) in [6.45, 7) is 4.45. The molecule has 0 radical (unpaired) electrons. The minimum absolute atomic E-state index is 0.0531. The SMILES string of the molecule is CCc1nc2ccc(C3CCN(CC(=O)C4CC[C@H](C#N)C4)CC3)cn2c1N(C)c1nc(-c2ccc(F)cc2)cs1. The number of nitriles is 1. The molecule has 1 unspecified atom stereocenters. The van der Waals surface area contributed by atoms with Gasteiger partial charge in [0.05, 0.1) is 24.0 Å². The maximum Gasteiger partial charge on any atom is 0.191 e. The Morgan fingerprint density at radius 1 is 1.12 bits per heavy atom. The summed E-state index contributed by atoms with van der Waals surface area (Å²) < 4.78 is 15.6. The second kappa shape index (κ2) is 11.7. The molecule has 1 aliphatic heterocycles. The molecule has 4 heterocycles. The van der Waals surface area contributed by atoms with Crippen LogP contribution in [0.4, 0.5) is 15.3 Å². The monoisotopic (exact) mass is 570 g/mol. The van der Waals surface area contributed by atoms with Crippen LogP contribution in [0.1, 0.15) is 56.2 Å². The Bertz CT molecular complexity index is 1580. The number of halogens is 1. The van der Waals surface area contributed by atoms with E-state index in [1.54, 1.807) is 23.5 Å². The lowest BCUT2D eigenvalue weighted by atomic mass is 9.90. The van der Waals surface area contributed by atoms with Crippen molar-refractivity contribution in [2.24, 2.45) is 11.8 Å². The maximum atomic E-state index is 13.4. The molecule has 212 valence electrons. The Balaban J connectivity index is 1.17. The summed E-state index contributed by atoms with van der Waals surface area (Å²) in [6.07, 6.45) is 7.52. The van der Waals surface area contributed by atoms with E-state index in [0.717, 1.165) is 85.2 Å². The Labute approximate surface area is 244 Å². The van der Waals surface area contributed by atoms with E-state index < -0.39 is 0 Å². The topological polar surface area (TPSA) is 77.5 Å². The molecule has 0 amide bonds. The van der Waals surface area contributed by atoms with E-state index in [9.17, 15) is 9.18 Å². The summed E-state index contributed by atoms with van der Waals surface area (Å²) >= 11 is 1.56. The molecule has 1 saturated heterocycles. The number of fused-ring (bicyclic) bond motifs is 1. The molecule has 1 aliphatic carbocycles. The zero-order valence-electron chi connectivity index (χ0n) is 23.6. The lowest BCUT2D eigenvalue weighted by Crippen LogP contribution is -2.38. The third-order valence-electron chi connectivity index (χ3n) is 8.77. The minimum atomic E-state index is -0.256. The molecule has 41 heavy (non-hydrogen) atoms. The van der Waals surface area contributed by atoms with Gasteiger partial charge in [-0.25, -0.2) is 14.4 Å². The molecular formula is C32H35FN6OS. The van der Waals surface area contributed by atoms with Crippen molar-refractivity contribution in [2.45, 2.75) is 51.4 Å². The number of aryl methyl sites for hydroxylation is 1. The van der Waals surface area contributed by atoms with Crippen LogP contribution in [-0.4, -0.2) is 51.7 Å². The average Bonchev–Trinajstić information content (AvgIpc) is 3.76. The van der Waals surface area contributed by atoms with Crippen molar-refractivity contribution in [3.63, 3.8) is 0 Å². The predicted octanol–water partition coefficient (Wildman–Crippen LogP) is 6.62. The summed E-state index contributed by atoms with van der Waals surface area (Å²) in [5.41, 5.74) is 4.94. The van der Waals surface area contributed by atoms with Gasteiger partial charge in [-0.3, -0.25) is 14.1 Å². The number of rotatable bonds is 8. The lowest BCUT2D eigenvalue weighted by molar-refractivity contribution is -0.124. The first-order valence-electron chi connectivity index (χ1n) is 14.5. The van der Waals surface area contributed by atoms with Crippen LogP contribution in [-0.2, 0) is 11.2 Å². The maximum absolute atomic E-state index is 13.4. The number of piperidine rings is 1. The molecule has 2 aliphatic rings. The molecule has 1 saturated carbocycles. The fourth-order valence-corrected chi connectivity index (χ4v) is 7.16. The number of thiazole rings is 1. The molecule has 6 rings (SSSR count). The molecule has 0 bridgehead atoms. The van der Waals surface area contributed by atoms with Crippen molar-refractivity contribution in [3.8, 4) is 17.3 Å². The molecule has 1 aromatic carbocycles. The van der Waals surface area contributed by atoms with Gasteiger partial charge in [0.25, 0.3) is 0 Å². The highest BCUT2D eigenvalue weighted by Crippen LogP contribution is 2.36. The van der Waals surface area contributed by atoms with Crippen molar-refractivity contribution in [1.82, 2.24) is 19.3 Å². The van der Waals surface area contributed by atoms with Crippen molar-refractivity contribution in [3.05, 3.63) is 65.0 Å². The normalized spacial score (nSPS) is 20.0. The van der Waals surface area contributed by atoms with Crippen LogP contribution in [0.2, 0.25) is 0 Å². The predicted molar refractivity (Wildman–Crippen MR) is 160 cm³/mol. The number of aromatic nitrogens is 3. The van der Waals surface area contributed by atoms with Gasteiger partial charge in [-0.1, -0.05) is 13.0 Å². The quantitative estimate of drug-likeness (QED) is 0.237. The first kappa shape index (κ1) is 27.6. The second-order valence-corrected chi connectivity index (χ2v) is 12.2. The molecule has 0 N–H and O–H groups in total. The molecule has 2 atom stereocenters. The number of Topliss-reactive ketones (excluding diaryl/α,β-unsaturated/α-hetero) is 1. The molecule has 2 fully saturated rings. The summed E-state index contributed by atoms with van der Waals surface area (Å²) in [5, 5.41) is 12.0. The van der Waals surface area contributed by atoms with Crippen molar-refractivity contribution < 1.29 is 9.18 Å². The van der Waals surface area contributed by atoms with Crippen LogP contribution >= 0.6 is 11.3 Å². The Kier molecular flexibility index (Phi) is 7.87. The largest absolute Gasteiger partial charge is 0.305 e. The van der Waals surface area contributed by atoms with Crippen LogP contribution in [0.3, 0.4) is 0 Å². The van der Waals surface area contributed by atoms with Crippen molar-refractivity contribution in [1.29, 1.82) is 5.26 Å². The number of ketones is 1. The third kappa shape index (κ3) is 5.64. The smallest absolute Gasteiger partial charge is 0.191 e. The lowest BCUT2D eigenvalue weighted by Gasteiger charge is -2.32. The summed E-state index contributed by atoms with van der Waals surface area (Å²) in [7, 11) is 2.03. The third-order valence-corrected chi connectivity index (χ3v) is 9.68. The summed E-state index contributed by atoms with van der Waals surface area (Å²) in [5.74, 6) is 1.61. The molecular weight excluding hydrogens is 535 g/mol. The van der Waals surface area contributed by atoms with Crippen LogP contribution in [0.25, 0.3) is 16.9 Å². The standard InChI is InChI=1S/C32H35FN6OS/c1-3-27-31(37(2)32-36-28(20-41-32)23-6-9-26(33)10-7-23)39-18-25(8-11-30(39)35-27)22-12-14-38(15-13-22)19-29(40)24-5-4-21(16-24)17-34/h6-11,18,20-22,24H,3-5,12-16,19H2,1-2H3/t21-,24?/m0/s1. The molecule has 3 aromatic heterocycles. The number of imidazole rings is 1. The number of benzene rings is 1. The molecule has 4 aromatic rings. The van der Waals surface area contributed by atoms with Crippen LogP contribution < -0.4 is 4.90 Å². The van der Waals surface area contributed by atoms with E-state index in [2.05, 4.69) is 45.5 Å². The fraction of sp³-hybridized carbons (Fsp3) is 0.438. The van der Waals surface area contributed by atoms with E-state index >= 15 is 0 Å². The van der Waals surface area contributed by atoms with Crippen LogP contribution in [0.15, 0.2) is 48.0 Å². The van der Waals surface area contributed by atoms with E-state index in [1.807, 2.05) is 12.4 Å². The number of hydrogen-bond donors (Lipinski definition) is 0. The number of hydrogen-bond acceptors (Lipinski definition) is 7. The van der Waals surface area contributed by atoms with Gasteiger partial charge in [0.15, 0.2) is 5.13 Å². The van der Waals surface area contributed by atoms with Crippen LogP contribution in [0, 0.1) is 29.0 Å². The number of carbonyl (C=O) groups excluding carboxylic acids is 1. The van der Waals surface area contributed by atoms with E-state index in [0.29, 0.717) is 18.2 Å². The fourth-order valence-electron chi connectivity index (χ4n) is 6.36. The molecule has 0 spiro atoms. The Morgan fingerprint density at radius 2 is 1.90 bits per heavy atom. The van der Waals surface area contributed by atoms with Gasteiger partial charge >= 0.3 is 0 Å². The highest BCUT2D eigenvalue weighted by molar-refractivity contribution is 7.14. The second-order valence-electron chi connectivity index (χ2n) is 11.4. The molecule has 9 heteroatoms. The van der Waals surface area contributed by atoms with Crippen molar-refractivity contribution >= 4 is 33.7 Å². The van der Waals surface area contributed by atoms with Gasteiger partial charge < -0.3 is 4.90 Å². The summed E-state index contributed by atoms with van der Waals surface area (Å²) in [4.78, 5) is 27.0.